The number of aliphatic hydroxyl groups excluding tert-OH is 2. The van der Waals surface area contributed by atoms with Gasteiger partial charge in [-0.25, -0.2) is 0 Å². The molecule has 0 aliphatic heterocycles. The molecule has 0 rings (SSSR count). The highest BCUT2D eigenvalue weighted by atomic mass is 16.5. The highest BCUT2D eigenvalue weighted by Gasteiger charge is 2.20. The zero-order valence-corrected chi connectivity index (χ0v) is 57.4. The smallest absolute Gasteiger partial charge is 0.305 e. The first-order valence-corrected chi connectivity index (χ1v) is 38.9. The van der Waals surface area contributed by atoms with E-state index in [4.69, 9.17) is 4.74 Å². The molecule has 0 aromatic heterocycles. The van der Waals surface area contributed by atoms with Crippen molar-refractivity contribution in [2.24, 2.45) is 0 Å². The molecule has 0 saturated carbocycles. The molecule has 0 fully saturated rings. The van der Waals surface area contributed by atoms with Crippen LogP contribution < -0.4 is 5.32 Å². The van der Waals surface area contributed by atoms with Crippen LogP contribution in [0.15, 0.2) is 12.2 Å². The number of nitrogens with one attached hydrogen (secondary N) is 1. The molecule has 84 heavy (non-hydrogen) atoms. The topological polar surface area (TPSA) is 95.9 Å². The molecule has 0 spiro atoms. The average Bonchev–Trinajstić information content (AvgIpc) is 3.51. The maximum atomic E-state index is 12.5. The molecule has 0 aliphatic rings. The third-order valence-corrected chi connectivity index (χ3v) is 18.6. The lowest BCUT2D eigenvalue weighted by Crippen LogP contribution is -2.45. The summed E-state index contributed by atoms with van der Waals surface area (Å²) < 4.78 is 5.51. The van der Waals surface area contributed by atoms with Crippen LogP contribution in [0, 0.1) is 0 Å². The van der Waals surface area contributed by atoms with Crippen molar-refractivity contribution in [1.29, 1.82) is 0 Å². The predicted octanol–water partition coefficient (Wildman–Crippen LogP) is 25.5. The third-order valence-electron chi connectivity index (χ3n) is 18.6. The standard InChI is InChI=1S/C78H153NO5/c1-3-5-7-9-11-13-15-17-19-21-39-42-46-50-54-58-62-66-70-76(81)75(74-80)79-77(82)71-67-63-59-55-51-47-43-40-36-34-32-30-28-26-24-22-23-25-27-29-31-33-35-37-41-45-49-53-57-61-65-69-73-84-78(83)72-68-64-60-56-52-48-44-38-20-18-16-14-12-10-8-6-4-2/h25,27,75-76,80-81H,3-24,26,28-74H2,1-2H3,(H,79,82)/b27-25-. The lowest BCUT2D eigenvalue weighted by molar-refractivity contribution is -0.143. The number of esters is 1. The number of carbonyl (C=O) groups is 2. The van der Waals surface area contributed by atoms with Gasteiger partial charge in [0.25, 0.3) is 0 Å². The molecular formula is C78H153NO5. The van der Waals surface area contributed by atoms with Crippen LogP contribution >= 0.6 is 0 Å². The fourth-order valence-electron chi connectivity index (χ4n) is 12.6. The largest absolute Gasteiger partial charge is 0.466 e. The second-order valence-electron chi connectivity index (χ2n) is 27.0. The minimum Gasteiger partial charge on any atom is -0.466 e. The first-order chi connectivity index (χ1) is 41.5. The van der Waals surface area contributed by atoms with Crippen LogP contribution in [0.2, 0.25) is 0 Å². The van der Waals surface area contributed by atoms with Crippen LogP contribution in [-0.2, 0) is 14.3 Å². The van der Waals surface area contributed by atoms with E-state index in [-0.39, 0.29) is 18.5 Å². The number of unbranched alkanes of at least 4 members (excludes halogenated alkanes) is 61. The summed E-state index contributed by atoms with van der Waals surface area (Å²) in [6, 6.07) is -0.539. The fraction of sp³-hybridized carbons (Fsp3) is 0.949. The summed E-state index contributed by atoms with van der Waals surface area (Å²) >= 11 is 0. The first kappa shape index (κ1) is 82.6. The van der Waals surface area contributed by atoms with Gasteiger partial charge in [0, 0.05) is 12.8 Å². The number of amides is 1. The number of aliphatic hydroxyl groups is 2. The zero-order valence-electron chi connectivity index (χ0n) is 57.4. The van der Waals surface area contributed by atoms with E-state index >= 15 is 0 Å². The van der Waals surface area contributed by atoms with Gasteiger partial charge in [-0.2, -0.15) is 0 Å². The minimum absolute atomic E-state index is 0.0234. The van der Waals surface area contributed by atoms with Crippen molar-refractivity contribution in [3.05, 3.63) is 12.2 Å². The summed E-state index contributed by atoms with van der Waals surface area (Å²) in [6.07, 6.45) is 93.0. The van der Waals surface area contributed by atoms with Crippen molar-refractivity contribution in [2.45, 2.75) is 463 Å². The first-order valence-electron chi connectivity index (χ1n) is 38.9. The Bertz CT molecular complexity index is 1270. The number of hydrogen-bond acceptors (Lipinski definition) is 5. The summed E-state index contributed by atoms with van der Waals surface area (Å²) in [6.45, 7) is 5.01. The van der Waals surface area contributed by atoms with Crippen molar-refractivity contribution < 1.29 is 24.5 Å². The Morgan fingerprint density at radius 1 is 0.321 bits per heavy atom. The Labute approximate surface area is 527 Å². The van der Waals surface area contributed by atoms with E-state index in [0.717, 1.165) is 38.5 Å². The average molecular weight is 1190 g/mol. The van der Waals surface area contributed by atoms with Crippen LogP contribution in [0.1, 0.15) is 450 Å². The summed E-state index contributed by atoms with van der Waals surface area (Å²) in [7, 11) is 0. The van der Waals surface area contributed by atoms with Gasteiger partial charge in [0.15, 0.2) is 0 Å². The zero-order chi connectivity index (χ0) is 60.6. The summed E-state index contributed by atoms with van der Waals surface area (Å²) in [5, 5.41) is 23.4. The van der Waals surface area contributed by atoms with Crippen LogP contribution in [0.3, 0.4) is 0 Å². The number of carbonyl (C=O) groups excluding carboxylic acids is 2. The Morgan fingerprint density at radius 3 is 0.845 bits per heavy atom. The number of allylic oxidation sites excluding steroid dienone is 2. The SMILES string of the molecule is CCCCCCCCCCCCCCCCCCCCC(O)C(CO)NC(=O)CCCCCCCCCCCCCCCCCC/C=C\CCCCCCCCCCCCCCOC(=O)CCCCCCCCCCCCCCCCCCC. The Hall–Kier alpha value is -1.40. The quantitative estimate of drug-likeness (QED) is 0.0320. The molecule has 3 N–H and O–H groups in total. The number of rotatable bonds is 74. The Kier molecular flexibility index (Phi) is 72.8. The Morgan fingerprint density at radius 2 is 0.560 bits per heavy atom. The molecule has 6 heteroatoms. The minimum atomic E-state index is -0.662. The fourth-order valence-corrected chi connectivity index (χ4v) is 12.6. The molecule has 0 aliphatic carbocycles. The molecule has 6 nitrogen and oxygen atoms in total. The van der Waals surface area contributed by atoms with Crippen LogP contribution in [0.25, 0.3) is 0 Å². The van der Waals surface area contributed by atoms with Crippen LogP contribution in [0.4, 0.5) is 0 Å². The second-order valence-corrected chi connectivity index (χ2v) is 27.0. The van der Waals surface area contributed by atoms with E-state index in [1.807, 2.05) is 0 Å². The molecule has 0 aromatic rings. The van der Waals surface area contributed by atoms with Gasteiger partial charge in [0.05, 0.1) is 25.4 Å². The van der Waals surface area contributed by atoms with Gasteiger partial charge in [0.1, 0.15) is 0 Å². The van der Waals surface area contributed by atoms with Crippen molar-refractivity contribution in [3.8, 4) is 0 Å². The van der Waals surface area contributed by atoms with Gasteiger partial charge in [0.2, 0.25) is 5.91 Å². The van der Waals surface area contributed by atoms with Gasteiger partial charge in [-0.1, -0.05) is 398 Å². The highest BCUT2D eigenvalue weighted by molar-refractivity contribution is 5.76. The van der Waals surface area contributed by atoms with E-state index in [2.05, 4.69) is 31.3 Å². The normalized spacial score (nSPS) is 12.5. The number of hydrogen-bond donors (Lipinski definition) is 3. The molecule has 0 bridgehead atoms. The van der Waals surface area contributed by atoms with Crippen LogP contribution in [0.5, 0.6) is 0 Å². The van der Waals surface area contributed by atoms with E-state index in [1.165, 1.54) is 379 Å². The summed E-state index contributed by atoms with van der Waals surface area (Å²) in [5.41, 5.74) is 0. The van der Waals surface area contributed by atoms with Crippen LogP contribution in [-0.4, -0.2) is 47.4 Å². The molecule has 1 amide bonds. The van der Waals surface area contributed by atoms with E-state index in [0.29, 0.717) is 25.9 Å². The number of ether oxygens (including phenoxy) is 1. The maximum Gasteiger partial charge on any atom is 0.305 e. The van der Waals surface area contributed by atoms with Gasteiger partial charge < -0.3 is 20.3 Å². The third kappa shape index (κ3) is 69.7. The summed E-state index contributed by atoms with van der Waals surface area (Å²) in [5.74, 6) is -0.00410. The van der Waals surface area contributed by atoms with Crippen molar-refractivity contribution in [3.63, 3.8) is 0 Å². The van der Waals surface area contributed by atoms with Gasteiger partial charge in [-0.05, 0) is 51.4 Å². The van der Waals surface area contributed by atoms with Gasteiger partial charge in [-0.3, -0.25) is 9.59 Å². The lowest BCUT2D eigenvalue weighted by atomic mass is 10.0. The molecule has 0 radical (unpaired) electrons. The molecule has 500 valence electrons. The summed E-state index contributed by atoms with van der Waals surface area (Å²) in [4.78, 5) is 24.7. The maximum absolute atomic E-state index is 12.5. The monoisotopic (exact) mass is 1180 g/mol. The second kappa shape index (κ2) is 74.1. The molecule has 2 atom stereocenters. The lowest BCUT2D eigenvalue weighted by Gasteiger charge is -2.22. The molecule has 0 saturated heterocycles. The van der Waals surface area contributed by atoms with Crippen molar-refractivity contribution in [1.82, 2.24) is 5.32 Å². The molecular weight excluding hydrogens is 1030 g/mol. The predicted molar refractivity (Wildman–Crippen MR) is 370 cm³/mol. The van der Waals surface area contributed by atoms with Gasteiger partial charge >= 0.3 is 5.97 Å². The van der Waals surface area contributed by atoms with E-state index in [9.17, 15) is 19.8 Å². The van der Waals surface area contributed by atoms with E-state index in [1.54, 1.807) is 0 Å². The molecule has 0 heterocycles. The van der Waals surface area contributed by atoms with Gasteiger partial charge in [-0.15, -0.1) is 0 Å². The Balaban J connectivity index is 3.33. The highest BCUT2D eigenvalue weighted by Crippen LogP contribution is 2.20. The van der Waals surface area contributed by atoms with Crippen molar-refractivity contribution in [2.75, 3.05) is 13.2 Å². The van der Waals surface area contributed by atoms with E-state index < -0.39 is 12.1 Å². The molecule has 0 aromatic carbocycles. The molecule has 2 unspecified atom stereocenters. The van der Waals surface area contributed by atoms with Crippen molar-refractivity contribution >= 4 is 11.9 Å².